The highest BCUT2D eigenvalue weighted by Gasteiger charge is 2.33. The van der Waals surface area contributed by atoms with Crippen LogP contribution in [0.1, 0.15) is 64.3 Å². The normalized spacial score (nSPS) is 13.4. The van der Waals surface area contributed by atoms with Gasteiger partial charge in [-0.1, -0.05) is 18.2 Å². The van der Waals surface area contributed by atoms with E-state index in [-0.39, 0.29) is 17.9 Å². The largest absolute Gasteiger partial charge is 0.444 e. The molecule has 2 atom stereocenters. The second kappa shape index (κ2) is 9.76. The van der Waals surface area contributed by atoms with Crippen molar-refractivity contribution in [1.82, 2.24) is 15.5 Å². The predicted molar refractivity (Wildman–Crippen MR) is 114 cm³/mol. The summed E-state index contributed by atoms with van der Waals surface area (Å²) in [5, 5.41) is 5.43. The van der Waals surface area contributed by atoms with E-state index in [0.29, 0.717) is 0 Å². The summed E-state index contributed by atoms with van der Waals surface area (Å²) in [6.45, 7) is 14.4. The third-order valence-corrected chi connectivity index (χ3v) is 4.46. The second-order valence-electron chi connectivity index (χ2n) is 8.67. The molecule has 7 heteroatoms. The molecule has 1 rings (SSSR count). The van der Waals surface area contributed by atoms with Crippen molar-refractivity contribution in [2.45, 2.75) is 79.1 Å². The van der Waals surface area contributed by atoms with Gasteiger partial charge in [0.1, 0.15) is 17.7 Å². The van der Waals surface area contributed by atoms with Crippen molar-refractivity contribution in [1.29, 1.82) is 0 Å². The Balaban J connectivity index is 3.14. The van der Waals surface area contributed by atoms with Gasteiger partial charge in [0.2, 0.25) is 11.8 Å². The van der Waals surface area contributed by atoms with E-state index in [1.165, 1.54) is 4.90 Å². The lowest BCUT2D eigenvalue weighted by atomic mass is 9.95. The lowest BCUT2D eigenvalue weighted by molar-refractivity contribution is -0.140. The standard InChI is InChI=1S/C22H35N3O4/c1-13(2)23-19(26)18(17-12-10-11-14(3)15(17)4)25(9)20(27)16(5)24-21(28)29-22(6,7)8/h10-13,16,18H,1-9H3,(H,23,26)(H,24,28). The molecule has 162 valence electrons. The fourth-order valence-corrected chi connectivity index (χ4v) is 2.94. The van der Waals surface area contributed by atoms with Gasteiger partial charge in [-0.05, 0) is 72.1 Å². The molecular formula is C22H35N3O4. The fourth-order valence-electron chi connectivity index (χ4n) is 2.94. The number of hydrogen-bond acceptors (Lipinski definition) is 4. The number of rotatable bonds is 6. The van der Waals surface area contributed by atoms with Crippen LogP contribution >= 0.6 is 0 Å². The molecule has 0 heterocycles. The van der Waals surface area contributed by atoms with Gasteiger partial charge in [0.15, 0.2) is 0 Å². The minimum atomic E-state index is -0.852. The zero-order chi connectivity index (χ0) is 22.5. The molecule has 0 aliphatic carbocycles. The Kier molecular flexibility index (Phi) is 8.24. The first kappa shape index (κ1) is 24.5. The smallest absolute Gasteiger partial charge is 0.408 e. The Morgan fingerprint density at radius 2 is 1.62 bits per heavy atom. The quantitative estimate of drug-likeness (QED) is 0.761. The van der Waals surface area contributed by atoms with Crippen LogP contribution in [0, 0.1) is 13.8 Å². The molecule has 1 aromatic rings. The fraction of sp³-hybridized carbons (Fsp3) is 0.591. The Labute approximate surface area is 174 Å². The van der Waals surface area contributed by atoms with Crippen LogP contribution in [-0.4, -0.2) is 47.5 Å². The van der Waals surface area contributed by atoms with Crippen LogP contribution in [0.25, 0.3) is 0 Å². The Hall–Kier alpha value is -2.57. The van der Waals surface area contributed by atoms with Gasteiger partial charge in [-0.15, -0.1) is 0 Å². The van der Waals surface area contributed by atoms with E-state index in [4.69, 9.17) is 4.74 Å². The van der Waals surface area contributed by atoms with E-state index >= 15 is 0 Å². The summed E-state index contributed by atoms with van der Waals surface area (Å²) in [6.07, 6.45) is -0.679. The molecule has 2 unspecified atom stereocenters. The SMILES string of the molecule is Cc1cccc(C(C(=O)NC(C)C)N(C)C(=O)C(C)NC(=O)OC(C)(C)C)c1C. The first-order valence-corrected chi connectivity index (χ1v) is 9.87. The third kappa shape index (κ3) is 7.07. The molecule has 0 spiro atoms. The number of benzene rings is 1. The summed E-state index contributed by atoms with van der Waals surface area (Å²) in [5.74, 6) is -0.658. The van der Waals surface area contributed by atoms with Crippen molar-refractivity contribution in [3.05, 3.63) is 34.9 Å². The minimum absolute atomic E-state index is 0.0732. The average molecular weight is 406 g/mol. The van der Waals surface area contributed by atoms with Gasteiger partial charge in [-0.3, -0.25) is 9.59 Å². The minimum Gasteiger partial charge on any atom is -0.444 e. The van der Waals surface area contributed by atoms with E-state index in [9.17, 15) is 14.4 Å². The molecule has 0 saturated carbocycles. The van der Waals surface area contributed by atoms with Gasteiger partial charge in [0, 0.05) is 13.1 Å². The van der Waals surface area contributed by atoms with Gasteiger partial charge >= 0.3 is 6.09 Å². The number of amides is 3. The topological polar surface area (TPSA) is 87.7 Å². The maximum Gasteiger partial charge on any atom is 0.408 e. The van der Waals surface area contributed by atoms with E-state index in [1.807, 2.05) is 45.9 Å². The third-order valence-electron chi connectivity index (χ3n) is 4.46. The summed E-state index contributed by atoms with van der Waals surface area (Å²) in [4.78, 5) is 39.4. The summed E-state index contributed by atoms with van der Waals surface area (Å²) < 4.78 is 5.22. The van der Waals surface area contributed by atoms with Crippen LogP contribution in [0.2, 0.25) is 0 Å². The summed E-state index contributed by atoms with van der Waals surface area (Å²) >= 11 is 0. The monoisotopic (exact) mass is 405 g/mol. The number of likely N-dealkylation sites (N-methyl/N-ethyl adjacent to an activating group) is 1. The average Bonchev–Trinajstić information content (AvgIpc) is 2.55. The zero-order valence-corrected chi connectivity index (χ0v) is 19.0. The van der Waals surface area contributed by atoms with Crippen LogP contribution in [0.3, 0.4) is 0 Å². The predicted octanol–water partition coefficient (Wildman–Crippen LogP) is 3.24. The van der Waals surface area contributed by atoms with Crippen LogP contribution in [0.5, 0.6) is 0 Å². The van der Waals surface area contributed by atoms with Crippen molar-refractivity contribution >= 4 is 17.9 Å². The molecule has 1 aromatic carbocycles. The summed E-state index contributed by atoms with van der Waals surface area (Å²) in [5.41, 5.74) is 2.06. The van der Waals surface area contributed by atoms with Crippen molar-refractivity contribution in [3.8, 4) is 0 Å². The zero-order valence-electron chi connectivity index (χ0n) is 19.0. The molecule has 7 nitrogen and oxygen atoms in total. The van der Waals surface area contributed by atoms with Gasteiger partial charge < -0.3 is 20.3 Å². The number of hydrogen-bond donors (Lipinski definition) is 2. The number of alkyl carbamates (subject to hydrolysis) is 1. The van der Waals surface area contributed by atoms with E-state index < -0.39 is 23.8 Å². The second-order valence-corrected chi connectivity index (χ2v) is 8.67. The Morgan fingerprint density at radius 3 is 2.14 bits per heavy atom. The molecule has 0 aliphatic heterocycles. The molecule has 0 bridgehead atoms. The number of nitrogens with zero attached hydrogens (tertiary/aromatic N) is 1. The van der Waals surface area contributed by atoms with Gasteiger partial charge in [-0.25, -0.2) is 4.79 Å². The highest BCUT2D eigenvalue weighted by atomic mass is 16.6. The first-order valence-electron chi connectivity index (χ1n) is 9.87. The van der Waals surface area contributed by atoms with Crippen molar-refractivity contribution in [3.63, 3.8) is 0 Å². The molecular weight excluding hydrogens is 370 g/mol. The molecule has 29 heavy (non-hydrogen) atoms. The Morgan fingerprint density at radius 1 is 1.03 bits per heavy atom. The molecule has 2 N–H and O–H groups in total. The highest BCUT2D eigenvalue weighted by molar-refractivity contribution is 5.92. The van der Waals surface area contributed by atoms with E-state index in [2.05, 4.69) is 10.6 Å². The maximum absolute atomic E-state index is 13.0. The number of ether oxygens (including phenoxy) is 1. The van der Waals surface area contributed by atoms with Crippen LogP contribution < -0.4 is 10.6 Å². The maximum atomic E-state index is 13.0. The summed E-state index contributed by atoms with van der Waals surface area (Å²) in [6, 6.07) is 3.94. The van der Waals surface area contributed by atoms with Crippen LogP contribution in [-0.2, 0) is 14.3 Å². The van der Waals surface area contributed by atoms with E-state index in [0.717, 1.165) is 16.7 Å². The van der Waals surface area contributed by atoms with Gasteiger partial charge in [0.05, 0.1) is 0 Å². The molecule has 3 amide bonds. The molecule has 0 saturated heterocycles. The number of carbonyl (C=O) groups is 3. The van der Waals surface area contributed by atoms with Crippen molar-refractivity contribution in [2.24, 2.45) is 0 Å². The number of nitrogens with one attached hydrogen (secondary N) is 2. The van der Waals surface area contributed by atoms with Crippen LogP contribution in [0.15, 0.2) is 18.2 Å². The number of aryl methyl sites for hydroxylation is 1. The van der Waals surface area contributed by atoms with Crippen molar-refractivity contribution in [2.75, 3.05) is 7.05 Å². The molecule has 0 aliphatic rings. The summed E-state index contributed by atoms with van der Waals surface area (Å²) in [7, 11) is 1.57. The molecule has 0 fully saturated rings. The van der Waals surface area contributed by atoms with Crippen molar-refractivity contribution < 1.29 is 19.1 Å². The molecule has 0 aromatic heterocycles. The highest BCUT2D eigenvalue weighted by Crippen LogP contribution is 2.26. The first-order chi connectivity index (χ1) is 13.2. The van der Waals surface area contributed by atoms with Gasteiger partial charge in [0.25, 0.3) is 0 Å². The van der Waals surface area contributed by atoms with Gasteiger partial charge in [-0.2, -0.15) is 0 Å². The Bertz CT molecular complexity index is 753. The lowest BCUT2D eigenvalue weighted by Crippen LogP contribution is -2.51. The van der Waals surface area contributed by atoms with Crippen LogP contribution in [0.4, 0.5) is 4.79 Å². The number of carbonyl (C=O) groups excluding carboxylic acids is 3. The lowest BCUT2D eigenvalue weighted by Gasteiger charge is -2.32. The van der Waals surface area contributed by atoms with E-state index in [1.54, 1.807) is 34.7 Å². The molecule has 0 radical (unpaired) electrons.